The molecule has 2 unspecified atom stereocenters. The van der Waals surface area contributed by atoms with Crippen LogP contribution in [0.15, 0.2) is 29.6 Å². The lowest BCUT2D eigenvalue weighted by atomic mass is 10.1. The first kappa shape index (κ1) is 18.8. The predicted molar refractivity (Wildman–Crippen MR) is 105 cm³/mol. The molecule has 140 valence electrons. The number of carbonyl (C=O) groups excluding carboxylic acids is 1. The third kappa shape index (κ3) is 5.27. The second-order valence-electron chi connectivity index (χ2n) is 6.84. The van der Waals surface area contributed by atoms with Crippen LogP contribution in [0.5, 0.6) is 0 Å². The monoisotopic (exact) mass is 374 g/mol. The third-order valence-electron chi connectivity index (χ3n) is 4.36. The Morgan fingerprint density at radius 1 is 1.35 bits per heavy atom. The molecule has 0 saturated carbocycles. The van der Waals surface area contributed by atoms with Crippen molar-refractivity contribution in [3.8, 4) is 0 Å². The molecule has 6 nitrogen and oxygen atoms in total. The first-order valence-corrected chi connectivity index (χ1v) is 9.83. The molecule has 1 aromatic carbocycles. The highest BCUT2D eigenvalue weighted by molar-refractivity contribution is 7.13. The SMILES string of the molecule is CC1CN(Cc2csc(NC(=O)CCc3ccccc3N)n2)CC(C)O1. The van der Waals surface area contributed by atoms with Crippen molar-refractivity contribution in [1.29, 1.82) is 0 Å². The van der Waals surface area contributed by atoms with Gasteiger partial charge in [-0.25, -0.2) is 4.98 Å². The summed E-state index contributed by atoms with van der Waals surface area (Å²) >= 11 is 1.47. The standard InChI is InChI=1S/C19H26N4O2S/c1-13-9-23(10-14(2)25-13)11-16-12-26-19(21-16)22-18(24)8-7-15-5-3-4-6-17(15)20/h3-6,12-14H,7-11,20H2,1-2H3,(H,21,22,24). The van der Waals surface area contributed by atoms with E-state index in [9.17, 15) is 4.79 Å². The van der Waals surface area contributed by atoms with E-state index in [0.717, 1.165) is 36.6 Å². The summed E-state index contributed by atoms with van der Waals surface area (Å²) in [5, 5.41) is 5.55. The van der Waals surface area contributed by atoms with E-state index in [4.69, 9.17) is 10.5 Å². The van der Waals surface area contributed by atoms with Crippen LogP contribution in [0, 0.1) is 0 Å². The van der Waals surface area contributed by atoms with Gasteiger partial charge in [0, 0.05) is 37.1 Å². The Balaban J connectivity index is 1.48. The van der Waals surface area contributed by atoms with E-state index in [0.29, 0.717) is 18.0 Å². The largest absolute Gasteiger partial charge is 0.399 e. The van der Waals surface area contributed by atoms with Crippen LogP contribution in [0.3, 0.4) is 0 Å². The van der Waals surface area contributed by atoms with Crippen LogP contribution in [-0.4, -0.2) is 41.1 Å². The van der Waals surface area contributed by atoms with E-state index in [-0.39, 0.29) is 18.1 Å². The number of ether oxygens (including phenoxy) is 1. The van der Waals surface area contributed by atoms with Gasteiger partial charge in [-0.3, -0.25) is 9.69 Å². The van der Waals surface area contributed by atoms with Crippen molar-refractivity contribution in [2.45, 2.75) is 45.4 Å². The summed E-state index contributed by atoms with van der Waals surface area (Å²) in [6.45, 7) is 6.78. The normalized spacial score (nSPS) is 20.8. The summed E-state index contributed by atoms with van der Waals surface area (Å²) in [5.41, 5.74) is 8.63. The van der Waals surface area contributed by atoms with Crippen molar-refractivity contribution in [3.05, 3.63) is 40.9 Å². The van der Waals surface area contributed by atoms with Gasteiger partial charge in [0.25, 0.3) is 0 Å². The minimum Gasteiger partial charge on any atom is -0.399 e. The Bertz CT molecular complexity index is 739. The molecule has 0 aliphatic carbocycles. The maximum atomic E-state index is 12.2. The van der Waals surface area contributed by atoms with Crippen molar-refractivity contribution in [1.82, 2.24) is 9.88 Å². The van der Waals surface area contributed by atoms with Crippen LogP contribution in [0.4, 0.5) is 10.8 Å². The molecule has 1 amide bonds. The maximum absolute atomic E-state index is 12.2. The highest BCUT2D eigenvalue weighted by atomic mass is 32.1. The molecule has 0 radical (unpaired) electrons. The van der Waals surface area contributed by atoms with E-state index >= 15 is 0 Å². The summed E-state index contributed by atoms with van der Waals surface area (Å²) in [6, 6.07) is 7.64. The predicted octanol–water partition coefficient (Wildman–Crippen LogP) is 2.91. The summed E-state index contributed by atoms with van der Waals surface area (Å²) in [6.07, 6.45) is 1.49. The molecule has 26 heavy (non-hydrogen) atoms. The van der Waals surface area contributed by atoms with Gasteiger partial charge in [0.05, 0.1) is 17.9 Å². The van der Waals surface area contributed by atoms with Gasteiger partial charge in [0.2, 0.25) is 5.91 Å². The van der Waals surface area contributed by atoms with Gasteiger partial charge in [0.1, 0.15) is 0 Å². The molecule has 1 aromatic heterocycles. The molecule has 1 aliphatic heterocycles. The van der Waals surface area contributed by atoms with E-state index in [2.05, 4.69) is 29.0 Å². The number of rotatable bonds is 6. The highest BCUT2D eigenvalue weighted by Gasteiger charge is 2.22. The number of aryl methyl sites for hydroxylation is 1. The number of hydrogen-bond donors (Lipinski definition) is 2. The number of hydrogen-bond acceptors (Lipinski definition) is 6. The highest BCUT2D eigenvalue weighted by Crippen LogP contribution is 2.20. The molecule has 1 saturated heterocycles. The second kappa shape index (κ2) is 8.62. The van der Waals surface area contributed by atoms with Gasteiger partial charge in [-0.05, 0) is 31.9 Å². The van der Waals surface area contributed by atoms with Gasteiger partial charge < -0.3 is 15.8 Å². The van der Waals surface area contributed by atoms with Crippen LogP contribution in [0.25, 0.3) is 0 Å². The number of morpholine rings is 1. The topological polar surface area (TPSA) is 80.5 Å². The number of benzene rings is 1. The van der Waals surface area contributed by atoms with Crippen LogP contribution >= 0.6 is 11.3 Å². The van der Waals surface area contributed by atoms with Crippen molar-refractivity contribution < 1.29 is 9.53 Å². The molecule has 0 spiro atoms. The molecule has 3 rings (SSSR count). The van der Waals surface area contributed by atoms with E-state index in [1.807, 2.05) is 29.6 Å². The van der Waals surface area contributed by atoms with Gasteiger partial charge in [-0.2, -0.15) is 0 Å². The van der Waals surface area contributed by atoms with Crippen molar-refractivity contribution in [2.24, 2.45) is 0 Å². The number of nitrogens with one attached hydrogen (secondary N) is 1. The summed E-state index contributed by atoms with van der Waals surface area (Å²) < 4.78 is 5.76. The van der Waals surface area contributed by atoms with Crippen molar-refractivity contribution in [3.63, 3.8) is 0 Å². The fourth-order valence-corrected chi connectivity index (χ4v) is 3.99. The molecular formula is C19H26N4O2S. The number of thiazole rings is 1. The zero-order chi connectivity index (χ0) is 18.5. The summed E-state index contributed by atoms with van der Waals surface area (Å²) in [7, 11) is 0. The molecule has 1 aliphatic rings. The average molecular weight is 375 g/mol. The number of aromatic nitrogens is 1. The molecule has 2 aromatic rings. The first-order chi connectivity index (χ1) is 12.5. The summed E-state index contributed by atoms with van der Waals surface area (Å²) in [5.74, 6) is -0.0391. The molecular weight excluding hydrogens is 348 g/mol. The van der Waals surface area contributed by atoms with Crippen molar-refractivity contribution in [2.75, 3.05) is 24.1 Å². The molecule has 7 heteroatoms. The van der Waals surface area contributed by atoms with Gasteiger partial charge in [0.15, 0.2) is 5.13 Å². The fraction of sp³-hybridized carbons (Fsp3) is 0.474. The van der Waals surface area contributed by atoms with Crippen LogP contribution in [-0.2, 0) is 22.5 Å². The zero-order valence-corrected chi connectivity index (χ0v) is 16.1. The Hall–Kier alpha value is -1.96. The zero-order valence-electron chi connectivity index (χ0n) is 15.3. The Labute approximate surface area is 158 Å². The van der Waals surface area contributed by atoms with Gasteiger partial charge >= 0.3 is 0 Å². The van der Waals surface area contributed by atoms with Gasteiger partial charge in [-0.1, -0.05) is 18.2 Å². The molecule has 3 N–H and O–H groups in total. The lowest BCUT2D eigenvalue weighted by Crippen LogP contribution is -2.44. The minimum absolute atomic E-state index is 0.0391. The number of para-hydroxylation sites is 1. The number of nitrogen functional groups attached to an aromatic ring is 1. The van der Waals surface area contributed by atoms with E-state index in [1.54, 1.807) is 0 Å². The number of nitrogens with zero attached hydrogens (tertiary/aromatic N) is 2. The van der Waals surface area contributed by atoms with Crippen molar-refractivity contribution >= 4 is 28.1 Å². The maximum Gasteiger partial charge on any atom is 0.226 e. The smallest absolute Gasteiger partial charge is 0.226 e. The lowest BCUT2D eigenvalue weighted by molar-refractivity contribution is -0.116. The molecule has 1 fully saturated rings. The molecule has 2 atom stereocenters. The number of nitrogens with two attached hydrogens (primary N) is 1. The fourth-order valence-electron chi connectivity index (χ4n) is 3.27. The number of carbonyl (C=O) groups is 1. The number of amides is 1. The average Bonchev–Trinajstić information content (AvgIpc) is 3.00. The Morgan fingerprint density at radius 2 is 2.08 bits per heavy atom. The minimum atomic E-state index is -0.0391. The summed E-state index contributed by atoms with van der Waals surface area (Å²) in [4.78, 5) is 19.1. The van der Waals surface area contributed by atoms with E-state index in [1.165, 1.54) is 11.3 Å². The van der Waals surface area contributed by atoms with Crippen LogP contribution in [0.1, 0.15) is 31.5 Å². The first-order valence-electron chi connectivity index (χ1n) is 8.95. The Morgan fingerprint density at radius 3 is 2.81 bits per heavy atom. The quantitative estimate of drug-likeness (QED) is 0.760. The van der Waals surface area contributed by atoms with Gasteiger partial charge in [-0.15, -0.1) is 11.3 Å². The van der Waals surface area contributed by atoms with Crippen LogP contribution < -0.4 is 11.1 Å². The third-order valence-corrected chi connectivity index (χ3v) is 5.16. The number of anilines is 2. The van der Waals surface area contributed by atoms with Crippen LogP contribution in [0.2, 0.25) is 0 Å². The molecule has 0 bridgehead atoms. The second-order valence-corrected chi connectivity index (χ2v) is 7.70. The lowest BCUT2D eigenvalue weighted by Gasteiger charge is -2.34. The Kier molecular flexibility index (Phi) is 6.24. The molecule has 2 heterocycles. The van der Waals surface area contributed by atoms with E-state index < -0.39 is 0 Å².